The lowest BCUT2D eigenvalue weighted by molar-refractivity contribution is -0.118. The van der Waals surface area contributed by atoms with E-state index in [9.17, 15) is 4.79 Å². The predicted molar refractivity (Wildman–Crippen MR) is 97.1 cm³/mol. The third-order valence-electron chi connectivity index (χ3n) is 4.56. The van der Waals surface area contributed by atoms with Crippen molar-refractivity contribution in [2.45, 2.75) is 25.9 Å². The van der Waals surface area contributed by atoms with E-state index in [1.165, 1.54) is 11.3 Å². The molecule has 0 spiro atoms. The van der Waals surface area contributed by atoms with Crippen LogP contribution in [-0.2, 0) is 11.3 Å². The number of aromatic nitrogens is 1. The molecule has 5 heteroatoms. The van der Waals surface area contributed by atoms with E-state index in [0.717, 1.165) is 25.2 Å². The Labute approximate surface area is 143 Å². The minimum Gasteiger partial charge on any atom is -0.373 e. The van der Waals surface area contributed by atoms with E-state index in [-0.39, 0.29) is 5.91 Å². The van der Waals surface area contributed by atoms with Gasteiger partial charge < -0.3 is 10.2 Å². The zero-order valence-corrected chi connectivity index (χ0v) is 14.3. The lowest BCUT2D eigenvalue weighted by atomic mass is 10.1. The second-order valence-corrected chi connectivity index (χ2v) is 6.26. The molecule has 1 aromatic heterocycles. The van der Waals surface area contributed by atoms with E-state index in [2.05, 4.69) is 58.3 Å². The number of anilines is 2. The summed E-state index contributed by atoms with van der Waals surface area (Å²) in [5.41, 5.74) is 3.32. The van der Waals surface area contributed by atoms with Crippen molar-refractivity contribution >= 4 is 17.3 Å². The highest BCUT2D eigenvalue weighted by atomic mass is 16.2. The standard InChI is InChI=1S/C19H24N4O/c1-3-17-13-22(2)18-7-5-4-6-15(18)12-23(17)14-19(24)21-16-8-10-20-11-9-16/h4-11,17H,3,12-14H2,1-2H3,(H,20,21,24). The number of hydrogen-bond acceptors (Lipinski definition) is 4. The number of carbonyl (C=O) groups excluding carboxylic acids is 1. The Bertz CT molecular complexity index is 689. The van der Waals surface area contributed by atoms with Gasteiger partial charge in [-0.3, -0.25) is 14.7 Å². The first-order valence-electron chi connectivity index (χ1n) is 8.40. The maximum atomic E-state index is 12.5. The van der Waals surface area contributed by atoms with Crippen molar-refractivity contribution in [2.24, 2.45) is 0 Å². The molecule has 1 aliphatic heterocycles. The summed E-state index contributed by atoms with van der Waals surface area (Å²) in [7, 11) is 2.13. The quantitative estimate of drug-likeness (QED) is 0.939. The van der Waals surface area contributed by atoms with Crippen molar-refractivity contribution in [3.63, 3.8) is 0 Å². The van der Waals surface area contributed by atoms with E-state index < -0.39 is 0 Å². The number of benzene rings is 1. The third-order valence-corrected chi connectivity index (χ3v) is 4.56. The summed E-state index contributed by atoms with van der Waals surface area (Å²) >= 11 is 0. The molecule has 2 heterocycles. The molecule has 1 aromatic carbocycles. The Morgan fingerprint density at radius 1 is 1.25 bits per heavy atom. The molecule has 126 valence electrons. The van der Waals surface area contributed by atoms with Crippen LogP contribution in [0.5, 0.6) is 0 Å². The van der Waals surface area contributed by atoms with E-state index in [4.69, 9.17) is 0 Å². The van der Waals surface area contributed by atoms with Gasteiger partial charge in [-0.2, -0.15) is 0 Å². The van der Waals surface area contributed by atoms with E-state index in [1.54, 1.807) is 24.5 Å². The van der Waals surface area contributed by atoms with Crippen LogP contribution < -0.4 is 10.2 Å². The first-order chi connectivity index (χ1) is 11.7. The van der Waals surface area contributed by atoms with Crippen LogP contribution in [0.3, 0.4) is 0 Å². The highest BCUT2D eigenvalue weighted by molar-refractivity contribution is 5.92. The predicted octanol–water partition coefficient (Wildman–Crippen LogP) is 2.75. The molecule has 1 unspecified atom stereocenters. The third kappa shape index (κ3) is 3.74. The van der Waals surface area contributed by atoms with Gasteiger partial charge in [-0.15, -0.1) is 0 Å². The largest absolute Gasteiger partial charge is 0.373 e. The van der Waals surface area contributed by atoms with Gasteiger partial charge in [0.15, 0.2) is 0 Å². The van der Waals surface area contributed by atoms with Crippen LogP contribution in [0.15, 0.2) is 48.8 Å². The van der Waals surface area contributed by atoms with Crippen molar-refractivity contribution in [3.8, 4) is 0 Å². The normalized spacial score (nSPS) is 17.9. The minimum absolute atomic E-state index is 0.0154. The van der Waals surface area contributed by atoms with Gasteiger partial charge in [-0.05, 0) is 30.2 Å². The molecule has 0 saturated heterocycles. The topological polar surface area (TPSA) is 48.5 Å². The van der Waals surface area contributed by atoms with Crippen LogP contribution in [0.2, 0.25) is 0 Å². The number of hydrogen-bond donors (Lipinski definition) is 1. The fourth-order valence-electron chi connectivity index (χ4n) is 3.29. The summed E-state index contributed by atoms with van der Waals surface area (Å²) in [6.45, 7) is 4.30. The summed E-state index contributed by atoms with van der Waals surface area (Å²) in [6, 6.07) is 12.4. The molecular weight excluding hydrogens is 300 g/mol. The number of rotatable bonds is 4. The van der Waals surface area contributed by atoms with Gasteiger partial charge in [0, 0.05) is 49.9 Å². The second-order valence-electron chi connectivity index (χ2n) is 6.26. The number of likely N-dealkylation sites (N-methyl/N-ethyl adjacent to an activating group) is 1. The van der Waals surface area contributed by atoms with Gasteiger partial charge >= 0.3 is 0 Å². The maximum Gasteiger partial charge on any atom is 0.238 e. The molecule has 1 aliphatic rings. The molecule has 0 radical (unpaired) electrons. The molecule has 0 bridgehead atoms. The molecule has 2 aromatic rings. The molecular formula is C19H24N4O. The summed E-state index contributed by atoms with van der Waals surface area (Å²) in [4.78, 5) is 21.0. The number of amides is 1. The van der Waals surface area contributed by atoms with E-state index >= 15 is 0 Å². The molecule has 1 amide bonds. The van der Waals surface area contributed by atoms with Crippen molar-refractivity contribution in [2.75, 3.05) is 30.4 Å². The Balaban J connectivity index is 1.74. The number of para-hydroxylation sites is 1. The van der Waals surface area contributed by atoms with Gasteiger partial charge in [-0.1, -0.05) is 25.1 Å². The van der Waals surface area contributed by atoms with Gasteiger partial charge in [0.2, 0.25) is 5.91 Å². The first-order valence-corrected chi connectivity index (χ1v) is 8.40. The van der Waals surface area contributed by atoms with Gasteiger partial charge in [0.05, 0.1) is 6.54 Å². The second kappa shape index (κ2) is 7.45. The summed E-state index contributed by atoms with van der Waals surface area (Å²) in [5, 5.41) is 2.96. The number of nitrogens with zero attached hydrogens (tertiary/aromatic N) is 3. The molecule has 5 nitrogen and oxygen atoms in total. The summed E-state index contributed by atoms with van der Waals surface area (Å²) in [6.07, 6.45) is 4.38. The number of pyridine rings is 1. The Hall–Kier alpha value is -2.40. The van der Waals surface area contributed by atoms with Crippen molar-refractivity contribution in [1.82, 2.24) is 9.88 Å². The molecule has 24 heavy (non-hydrogen) atoms. The van der Waals surface area contributed by atoms with E-state index in [1.807, 2.05) is 0 Å². The van der Waals surface area contributed by atoms with Crippen LogP contribution in [-0.4, -0.2) is 42.0 Å². The molecule has 3 rings (SSSR count). The van der Waals surface area contributed by atoms with Crippen molar-refractivity contribution in [1.29, 1.82) is 0 Å². The zero-order valence-electron chi connectivity index (χ0n) is 14.3. The van der Waals surface area contributed by atoms with Crippen LogP contribution in [0.1, 0.15) is 18.9 Å². The molecule has 0 fully saturated rings. The SMILES string of the molecule is CCC1CN(C)c2ccccc2CN1CC(=O)Nc1ccncc1. The van der Waals surface area contributed by atoms with Gasteiger partial charge in [-0.25, -0.2) is 0 Å². The zero-order chi connectivity index (χ0) is 16.9. The lowest BCUT2D eigenvalue weighted by Crippen LogP contribution is -2.43. The summed E-state index contributed by atoms with van der Waals surface area (Å²) in [5.74, 6) is 0.0154. The van der Waals surface area contributed by atoms with Crippen LogP contribution in [0, 0.1) is 0 Å². The fraction of sp³-hybridized carbons (Fsp3) is 0.368. The highest BCUT2D eigenvalue weighted by Gasteiger charge is 2.26. The monoisotopic (exact) mass is 324 g/mol. The molecule has 1 N–H and O–H groups in total. The Morgan fingerprint density at radius 2 is 2.00 bits per heavy atom. The Morgan fingerprint density at radius 3 is 2.75 bits per heavy atom. The van der Waals surface area contributed by atoms with Crippen molar-refractivity contribution < 1.29 is 4.79 Å². The average molecular weight is 324 g/mol. The van der Waals surface area contributed by atoms with Crippen molar-refractivity contribution in [3.05, 3.63) is 54.4 Å². The van der Waals surface area contributed by atoms with Gasteiger partial charge in [0.25, 0.3) is 0 Å². The maximum absolute atomic E-state index is 12.5. The van der Waals surface area contributed by atoms with Crippen LogP contribution in [0.25, 0.3) is 0 Å². The molecule has 1 atom stereocenters. The first kappa shape index (κ1) is 16.5. The van der Waals surface area contributed by atoms with Crippen LogP contribution >= 0.6 is 0 Å². The molecule has 0 aliphatic carbocycles. The Kier molecular flexibility index (Phi) is 5.11. The number of nitrogens with one attached hydrogen (secondary N) is 1. The smallest absolute Gasteiger partial charge is 0.238 e. The average Bonchev–Trinajstić information content (AvgIpc) is 2.72. The van der Waals surface area contributed by atoms with Gasteiger partial charge in [0.1, 0.15) is 0 Å². The highest BCUT2D eigenvalue weighted by Crippen LogP contribution is 2.26. The number of carbonyl (C=O) groups is 1. The van der Waals surface area contributed by atoms with Crippen LogP contribution in [0.4, 0.5) is 11.4 Å². The summed E-state index contributed by atoms with van der Waals surface area (Å²) < 4.78 is 0. The number of fused-ring (bicyclic) bond motifs is 1. The van der Waals surface area contributed by atoms with E-state index in [0.29, 0.717) is 12.6 Å². The fourth-order valence-corrected chi connectivity index (χ4v) is 3.29. The minimum atomic E-state index is 0.0154. The molecule has 0 saturated carbocycles. The lowest BCUT2D eigenvalue weighted by Gasteiger charge is -2.30.